The average Bonchev–Trinajstić information content (AvgIpc) is 2.66. The van der Waals surface area contributed by atoms with Gasteiger partial charge in [0.2, 0.25) is 0 Å². The Kier molecular flexibility index (Phi) is 6.34. The van der Waals surface area contributed by atoms with Crippen molar-refractivity contribution in [1.82, 2.24) is 10.2 Å². The van der Waals surface area contributed by atoms with Crippen LogP contribution in [0.25, 0.3) is 0 Å². The normalized spacial score (nSPS) is 11.6. The van der Waals surface area contributed by atoms with E-state index in [1.54, 1.807) is 37.4 Å². The molecule has 6 heteroatoms. The Labute approximate surface area is 158 Å². The Bertz CT molecular complexity index is 876. The van der Waals surface area contributed by atoms with E-state index in [9.17, 15) is 19.5 Å². The molecule has 2 N–H and O–H groups in total. The molecule has 0 aliphatic carbocycles. The van der Waals surface area contributed by atoms with Crippen LogP contribution in [0.3, 0.4) is 0 Å². The van der Waals surface area contributed by atoms with Crippen molar-refractivity contribution in [2.75, 3.05) is 13.6 Å². The fourth-order valence-corrected chi connectivity index (χ4v) is 2.60. The minimum absolute atomic E-state index is 0.198. The van der Waals surface area contributed by atoms with E-state index in [1.807, 2.05) is 26.8 Å². The van der Waals surface area contributed by atoms with Crippen LogP contribution in [-0.4, -0.2) is 41.4 Å². The minimum atomic E-state index is -1.17. The lowest BCUT2D eigenvalue weighted by molar-refractivity contribution is -0.139. The first-order valence-corrected chi connectivity index (χ1v) is 8.71. The molecule has 0 saturated heterocycles. The van der Waals surface area contributed by atoms with Crippen LogP contribution in [0.5, 0.6) is 0 Å². The zero-order valence-electron chi connectivity index (χ0n) is 15.9. The number of carbonyl (C=O) groups is 3. The topological polar surface area (TPSA) is 86.7 Å². The SMILES string of the molecule is CCN(C)C(=O)c1cccc(C(=O)NC(C(=O)O)c2ccc(C)c(C)c2)c1. The maximum absolute atomic E-state index is 12.6. The lowest BCUT2D eigenvalue weighted by Gasteiger charge is -2.17. The van der Waals surface area contributed by atoms with E-state index >= 15 is 0 Å². The monoisotopic (exact) mass is 368 g/mol. The number of nitrogens with zero attached hydrogens (tertiary/aromatic N) is 1. The van der Waals surface area contributed by atoms with Crippen molar-refractivity contribution in [3.8, 4) is 0 Å². The molecule has 0 aliphatic rings. The minimum Gasteiger partial charge on any atom is -0.479 e. The molecule has 1 unspecified atom stereocenters. The molecule has 0 aromatic heterocycles. The van der Waals surface area contributed by atoms with Crippen LogP contribution in [0.4, 0.5) is 0 Å². The van der Waals surface area contributed by atoms with Gasteiger partial charge in [-0.05, 0) is 55.7 Å². The second-order valence-corrected chi connectivity index (χ2v) is 6.49. The molecule has 2 rings (SSSR count). The predicted molar refractivity (Wildman–Crippen MR) is 103 cm³/mol. The highest BCUT2D eigenvalue weighted by molar-refractivity contribution is 6.00. The Morgan fingerprint density at radius 2 is 1.70 bits per heavy atom. The van der Waals surface area contributed by atoms with Gasteiger partial charge in [-0.3, -0.25) is 9.59 Å². The van der Waals surface area contributed by atoms with Crippen molar-refractivity contribution < 1.29 is 19.5 Å². The van der Waals surface area contributed by atoms with Crippen LogP contribution in [0.15, 0.2) is 42.5 Å². The zero-order valence-corrected chi connectivity index (χ0v) is 15.9. The third kappa shape index (κ3) is 4.73. The van der Waals surface area contributed by atoms with Crippen LogP contribution in [0.1, 0.15) is 50.4 Å². The van der Waals surface area contributed by atoms with Gasteiger partial charge < -0.3 is 15.3 Å². The summed E-state index contributed by atoms with van der Waals surface area (Å²) < 4.78 is 0. The van der Waals surface area contributed by atoms with Crippen LogP contribution in [0.2, 0.25) is 0 Å². The van der Waals surface area contributed by atoms with Gasteiger partial charge in [-0.15, -0.1) is 0 Å². The summed E-state index contributed by atoms with van der Waals surface area (Å²) in [5.41, 5.74) is 3.10. The molecule has 0 radical (unpaired) electrons. The van der Waals surface area contributed by atoms with Gasteiger partial charge in [0.25, 0.3) is 11.8 Å². The van der Waals surface area contributed by atoms with Crippen LogP contribution in [0, 0.1) is 13.8 Å². The van der Waals surface area contributed by atoms with E-state index in [2.05, 4.69) is 5.32 Å². The molecule has 142 valence electrons. The van der Waals surface area contributed by atoms with E-state index in [1.165, 1.54) is 11.0 Å². The zero-order chi connectivity index (χ0) is 20.1. The summed E-state index contributed by atoms with van der Waals surface area (Å²) >= 11 is 0. The van der Waals surface area contributed by atoms with E-state index in [4.69, 9.17) is 0 Å². The number of hydrogen-bond acceptors (Lipinski definition) is 3. The second kappa shape index (κ2) is 8.49. The molecule has 27 heavy (non-hydrogen) atoms. The van der Waals surface area contributed by atoms with Gasteiger partial charge in [0.1, 0.15) is 0 Å². The molecule has 0 bridgehead atoms. The molecule has 0 spiro atoms. The summed E-state index contributed by atoms with van der Waals surface area (Å²) in [6.45, 7) is 6.22. The highest BCUT2D eigenvalue weighted by Gasteiger charge is 2.23. The highest BCUT2D eigenvalue weighted by atomic mass is 16.4. The first-order chi connectivity index (χ1) is 12.7. The number of benzene rings is 2. The highest BCUT2D eigenvalue weighted by Crippen LogP contribution is 2.18. The van der Waals surface area contributed by atoms with E-state index in [-0.39, 0.29) is 11.5 Å². The van der Waals surface area contributed by atoms with Crippen molar-refractivity contribution in [2.24, 2.45) is 0 Å². The fraction of sp³-hybridized carbons (Fsp3) is 0.286. The summed E-state index contributed by atoms with van der Waals surface area (Å²) in [6, 6.07) is 10.4. The summed E-state index contributed by atoms with van der Waals surface area (Å²) in [7, 11) is 1.68. The third-order valence-electron chi connectivity index (χ3n) is 4.58. The summed E-state index contributed by atoms with van der Waals surface area (Å²) in [4.78, 5) is 38.1. The largest absolute Gasteiger partial charge is 0.479 e. The number of aliphatic carboxylic acids is 1. The summed E-state index contributed by atoms with van der Waals surface area (Å²) in [5, 5.41) is 12.1. The number of carbonyl (C=O) groups excluding carboxylic acids is 2. The Hall–Kier alpha value is -3.15. The maximum atomic E-state index is 12.6. The molecule has 2 aromatic carbocycles. The van der Waals surface area contributed by atoms with E-state index < -0.39 is 17.9 Å². The molecular formula is C21H24N2O4. The van der Waals surface area contributed by atoms with Crippen molar-refractivity contribution >= 4 is 17.8 Å². The van der Waals surface area contributed by atoms with Gasteiger partial charge in [-0.2, -0.15) is 0 Å². The van der Waals surface area contributed by atoms with Crippen molar-refractivity contribution in [3.63, 3.8) is 0 Å². The number of aryl methyl sites for hydroxylation is 2. The van der Waals surface area contributed by atoms with Crippen molar-refractivity contribution in [3.05, 3.63) is 70.3 Å². The van der Waals surface area contributed by atoms with E-state index in [0.717, 1.165) is 11.1 Å². The fourth-order valence-electron chi connectivity index (χ4n) is 2.60. The number of amides is 2. The summed E-state index contributed by atoms with van der Waals surface area (Å²) in [5.74, 6) is -1.89. The number of hydrogen-bond donors (Lipinski definition) is 2. The average molecular weight is 368 g/mol. The molecular weight excluding hydrogens is 344 g/mol. The molecule has 6 nitrogen and oxygen atoms in total. The predicted octanol–water partition coefficient (Wildman–Crippen LogP) is 2.95. The molecule has 2 aromatic rings. The Morgan fingerprint density at radius 3 is 2.30 bits per heavy atom. The van der Waals surface area contributed by atoms with Gasteiger partial charge in [0.05, 0.1) is 0 Å². The number of rotatable bonds is 6. The molecule has 0 aliphatic heterocycles. The Morgan fingerprint density at radius 1 is 1.04 bits per heavy atom. The molecule has 0 fully saturated rings. The standard InChI is InChI=1S/C21H24N2O4/c1-5-23(4)20(25)17-8-6-7-16(12-17)19(24)22-18(21(26)27)15-10-9-13(2)14(3)11-15/h6-12,18H,5H2,1-4H3,(H,22,24)(H,26,27). The van der Waals surface area contributed by atoms with Crippen molar-refractivity contribution in [1.29, 1.82) is 0 Å². The van der Waals surface area contributed by atoms with Crippen LogP contribution < -0.4 is 5.32 Å². The molecule has 2 amide bonds. The van der Waals surface area contributed by atoms with Gasteiger partial charge >= 0.3 is 5.97 Å². The van der Waals surface area contributed by atoms with Crippen LogP contribution in [-0.2, 0) is 4.79 Å². The molecule has 0 heterocycles. The lowest BCUT2D eigenvalue weighted by Crippen LogP contribution is -2.34. The van der Waals surface area contributed by atoms with E-state index in [0.29, 0.717) is 17.7 Å². The van der Waals surface area contributed by atoms with Crippen LogP contribution >= 0.6 is 0 Å². The first kappa shape index (κ1) is 20.2. The first-order valence-electron chi connectivity index (χ1n) is 8.71. The lowest BCUT2D eigenvalue weighted by atomic mass is 10.0. The van der Waals surface area contributed by atoms with Crippen molar-refractivity contribution in [2.45, 2.75) is 26.8 Å². The second-order valence-electron chi connectivity index (χ2n) is 6.49. The van der Waals surface area contributed by atoms with Gasteiger partial charge in [0, 0.05) is 24.7 Å². The smallest absolute Gasteiger partial charge is 0.330 e. The number of nitrogens with one attached hydrogen (secondary N) is 1. The molecule has 1 atom stereocenters. The summed E-state index contributed by atoms with van der Waals surface area (Å²) in [6.07, 6.45) is 0. The quantitative estimate of drug-likeness (QED) is 0.821. The molecule has 0 saturated carbocycles. The number of carboxylic acid groups (broad SMARTS) is 1. The van der Waals surface area contributed by atoms with Gasteiger partial charge in [0.15, 0.2) is 6.04 Å². The van der Waals surface area contributed by atoms with Gasteiger partial charge in [-0.25, -0.2) is 4.79 Å². The Balaban J connectivity index is 2.27. The third-order valence-corrected chi connectivity index (χ3v) is 4.58. The maximum Gasteiger partial charge on any atom is 0.330 e. The van der Waals surface area contributed by atoms with Gasteiger partial charge in [-0.1, -0.05) is 24.3 Å². The number of carboxylic acids is 1.